The Morgan fingerprint density at radius 2 is 2.18 bits per heavy atom. The van der Waals surface area contributed by atoms with Crippen molar-refractivity contribution in [2.24, 2.45) is 0 Å². The number of nitrogens with zero attached hydrogens (tertiary/aromatic N) is 2. The maximum absolute atomic E-state index is 11.9. The largest absolute Gasteiger partial charge is 0.324 e. The molecule has 0 bridgehead atoms. The summed E-state index contributed by atoms with van der Waals surface area (Å²) in [5.74, 6) is -0.698. The second kappa shape index (κ2) is 5.47. The van der Waals surface area contributed by atoms with E-state index in [0.29, 0.717) is 13.0 Å². The van der Waals surface area contributed by atoms with Gasteiger partial charge in [0.2, 0.25) is 11.8 Å². The van der Waals surface area contributed by atoms with E-state index in [0.717, 1.165) is 0 Å². The highest BCUT2D eigenvalue weighted by Gasteiger charge is 2.32. The third-order valence-corrected chi connectivity index (χ3v) is 2.71. The van der Waals surface area contributed by atoms with Crippen LogP contribution in [0.25, 0.3) is 0 Å². The summed E-state index contributed by atoms with van der Waals surface area (Å²) >= 11 is 0. The molecular weight excluding hydrogens is 222 g/mol. The zero-order valence-corrected chi connectivity index (χ0v) is 10.1. The quantitative estimate of drug-likeness (QED) is 0.555. The molecule has 0 aromatic carbocycles. The van der Waals surface area contributed by atoms with Gasteiger partial charge in [-0.15, -0.1) is 6.58 Å². The fourth-order valence-electron chi connectivity index (χ4n) is 1.73. The fraction of sp³-hybridized carbons (Fsp3) is 0.545. The monoisotopic (exact) mass is 239 g/mol. The Morgan fingerprint density at radius 1 is 1.53 bits per heavy atom. The van der Waals surface area contributed by atoms with Crippen molar-refractivity contribution in [3.05, 3.63) is 12.7 Å². The summed E-state index contributed by atoms with van der Waals surface area (Å²) in [5, 5.41) is 2.23. The summed E-state index contributed by atoms with van der Waals surface area (Å²) in [4.78, 5) is 37.3. The van der Waals surface area contributed by atoms with Gasteiger partial charge in [0.1, 0.15) is 6.04 Å². The Hall–Kier alpha value is -1.85. The van der Waals surface area contributed by atoms with Crippen LogP contribution in [0.2, 0.25) is 0 Å². The van der Waals surface area contributed by atoms with E-state index in [1.165, 1.54) is 9.80 Å². The predicted octanol–water partition coefficient (Wildman–Crippen LogP) is -0.0388. The smallest absolute Gasteiger partial charge is 0.320 e. The molecule has 1 atom stereocenters. The normalized spacial score (nSPS) is 19.5. The molecule has 1 aliphatic rings. The predicted molar refractivity (Wildman–Crippen MR) is 62.2 cm³/mol. The summed E-state index contributed by atoms with van der Waals surface area (Å²) in [6, 6.07) is -0.841. The first-order chi connectivity index (χ1) is 7.97. The van der Waals surface area contributed by atoms with Gasteiger partial charge in [-0.2, -0.15) is 0 Å². The third kappa shape index (κ3) is 3.05. The van der Waals surface area contributed by atoms with Crippen LogP contribution in [-0.2, 0) is 9.59 Å². The lowest BCUT2D eigenvalue weighted by Gasteiger charge is -2.32. The Balaban J connectivity index is 2.66. The zero-order valence-electron chi connectivity index (χ0n) is 10.1. The molecule has 0 aromatic rings. The second-order valence-corrected chi connectivity index (χ2v) is 4.03. The summed E-state index contributed by atoms with van der Waals surface area (Å²) < 4.78 is 0. The van der Waals surface area contributed by atoms with Crippen LogP contribution in [0, 0.1) is 0 Å². The number of likely N-dealkylation sites (N-methyl/N-ethyl adjacent to an activating group) is 2. The highest BCUT2D eigenvalue weighted by Crippen LogP contribution is 2.12. The Labute approximate surface area is 100 Å². The first kappa shape index (κ1) is 13.2. The minimum Gasteiger partial charge on any atom is -0.324 e. The van der Waals surface area contributed by atoms with Gasteiger partial charge < -0.3 is 9.80 Å². The van der Waals surface area contributed by atoms with Gasteiger partial charge >= 0.3 is 6.03 Å². The van der Waals surface area contributed by atoms with Crippen molar-refractivity contribution in [2.75, 3.05) is 20.6 Å². The Morgan fingerprint density at radius 3 is 2.71 bits per heavy atom. The van der Waals surface area contributed by atoms with Gasteiger partial charge in [-0.05, 0) is 6.42 Å². The van der Waals surface area contributed by atoms with Gasteiger partial charge in [0, 0.05) is 27.1 Å². The minimum atomic E-state index is -0.576. The van der Waals surface area contributed by atoms with Gasteiger partial charge in [-0.3, -0.25) is 14.9 Å². The van der Waals surface area contributed by atoms with E-state index in [2.05, 4.69) is 11.9 Å². The van der Waals surface area contributed by atoms with E-state index in [-0.39, 0.29) is 18.4 Å². The van der Waals surface area contributed by atoms with Gasteiger partial charge in [0.15, 0.2) is 0 Å². The molecule has 1 fully saturated rings. The molecule has 0 aliphatic carbocycles. The van der Waals surface area contributed by atoms with Gasteiger partial charge in [-0.1, -0.05) is 6.08 Å². The molecule has 17 heavy (non-hydrogen) atoms. The van der Waals surface area contributed by atoms with Crippen molar-refractivity contribution in [1.29, 1.82) is 0 Å². The van der Waals surface area contributed by atoms with Crippen molar-refractivity contribution >= 4 is 17.8 Å². The third-order valence-electron chi connectivity index (χ3n) is 2.71. The number of rotatable bonds is 3. The average molecular weight is 239 g/mol. The van der Waals surface area contributed by atoms with Crippen LogP contribution in [-0.4, -0.2) is 54.3 Å². The number of carbonyl (C=O) groups is 3. The topological polar surface area (TPSA) is 69.7 Å². The summed E-state index contributed by atoms with van der Waals surface area (Å²) in [7, 11) is 3.19. The number of carbonyl (C=O) groups excluding carboxylic acids is 3. The number of hydrogen-bond acceptors (Lipinski definition) is 3. The van der Waals surface area contributed by atoms with Crippen LogP contribution in [0.4, 0.5) is 4.79 Å². The maximum Gasteiger partial charge on any atom is 0.320 e. The molecule has 1 aliphatic heterocycles. The number of urea groups is 1. The van der Waals surface area contributed by atoms with E-state index in [1.807, 2.05) is 0 Å². The van der Waals surface area contributed by atoms with E-state index in [1.54, 1.807) is 20.2 Å². The van der Waals surface area contributed by atoms with E-state index >= 15 is 0 Å². The number of piperidine rings is 1. The molecule has 4 amide bonds. The molecule has 1 saturated heterocycles. The average Bonchev–Trinajstić information content (AvgIpc) is 2.27. The Bertz CT molecular complexity index is 354. The molecule has 0 spiro atoms. The summed E-state index contributed by atoms with van der Waals surface area (Å²) in [6.45, 7) is 3.96. The lowest BCUT2D eigenvalue weighted by Crippen LogP contribution is -2.55. The van der Waals surface area contributed by atoms with Crippen molar-refractivity contribution in [1.82, 2.24) is 15.1 Å². The molecular formula is C11H17N3O3. The first-order valence-corrected chi connectivity index (χ1v) is 5.40. The molecule has 0 radical (unpaired) electrons. The van der Waals surface area contributed by atoms with Crippen molar-refractivity contribution < 1.29 is 14.4 Å². The highest BCUT2D eigenvalue weighted by molar-refractivity contribution is 6.01. The molecule has 94 valence electrons. The highest BCUT2D eigenvalue weighted by atomic mass is 16.2. The number of imide groups is 1. The SMILES string of the molecule is C=CCN(C)C(=O)N(C)C1CCC(=O)NC1=O. The standard InChI is InChI=1S/C11H17N3O3/c1-4-7-13(2)11(17)14(3)8-5-6-9(15)12-10(8)16/h4,8H,1,5-7H2,2-3H3,(H,12,15,16). The first-order valence-electron chi connectivity index (χ1n) is 5.40. The van der Waals surface area contributed by atoms with Crippen LogP contribution in [0.15, 0.2) is 12.7 Å². The van der Waals surface area contributed by atoms with Gasteiger partial charge in [-0.25, -0.2) is 4.79 Å². The molecule has 0 saturated carbocycles. The minimum absolute atomic E-state index is 0.263. The van der Waals surface area contributed by atoms with Crippen LogP contribution >= 0.6 is 0 Å². The van der Waals surface area contributed by atoms with Crippen molar-refractivity contribution in [3.8, 4) is 0 Å². The molecule has 6 heteroatoms. The van der Waals surface area contributed by atoms with Gasteiger partial charge in [0.05, 0.1) is 0 Å². The lowest BCUT2D eigenvalue weighted by atomic mass is 10.1. The molecule has 0 aromatic heterocycles. The zero-order chi connectivity index (χ0) is 13.0. The van der Waals surface area contributed by atoms with Crippen LogP contribution in [0.3, 0.4) is 0 Å². The number of nitrogens with one attached hydrogen (secondary N) is 1. The second-order valence-electron chi connectivity index (χ2n) is 4.03. The van der Waals surface area contributed by atoms with E-state index in [4.69, 9.17) is 0 Å². The molecule has 1 rings (SSSR count). The van der Waals surface area contributed by atoms with Crippen LogP contribution < -0.4 is 5.32 Å². The summed E-state index contributed by atoms with van der Waals surface area (Å²) in [6.07, 6.45) is 2.24. The Kier molecular flexibility index (Phi) is 4.25. The molecule has 1 unspecified atom stereocenters. The molecule has 1 heterocycles. The lowest BCUT2D eigenvalue weighted by molar-refractivity contribution is -0.136. The van der Waals surface area contributed by atoms with Crippen molar-refractivity contribution in [2.45, 2.75) is 18.9 Å². The van der Waals surface area contributed by atoms with Gasteiger partial charge in [0.25, 0.3) is 0 Å². The number of hydrogen-bond donors (Lipinski definition) is 1. The maximum atomic E-state index is 11.9. The van der Waals surface area contributed by atoms with Crippen LogP contribution in [0.1, 0.15) is 12.8 Å². The fourth-order valence-corrected chi connectivity index (χ4v) is 1.73. The van der Waals surface area contributed by atoms with Crippen molar-refractivity contribution in [3.63, 3.8) is 0 Å². The van der Waals surface area contributed by atoms with E-state index in [9.17, 15) is 14.4 Å². The van der Waals surface area contributed by atoms with E-state index < -0.39 is 11.9 Å². The molecule has 1 N–H and O–H groups in total. The molecule has 6 nitrogen and oxygen atoms in total. The summed E-state index contributed by atoms with van der Waals surface area (Å²) in [5.41, 5.74) is 0. The van der Waals surface area contributed by atoms with Crippen LogP contribution in [0.5, 0.6) is 0 Å². The number of amides is 4.